The number of fused-ring (bicyclic) bond motifs is 2. The van der Waals surface area contributed by atoms with E-state index in [2.05, 4.69) is 16.0 Å². The molecule has 5 N–H and O–H groups in total. The number of rotatable bonds is 17. The van der Waals surface area contributed by atoms with Gasteiger partial charge in [-0.25, -0.2) is 13.6 Å². The van der Waals surface area contributed by atoms with E-state index in [0.29, 0.717) is 38.8 Å². The van der Waals surface area contributed by atoms with Gasteiger partial charge in [0.05, 0.1) is 23.1 Å². The molecular weight excluding hydrogens is 986 g/mol. The molecule has 0 unspecified atom stereocenters. The highest BCUT2D eigenvalue weighted by molar-refractivity contribution is 6.31. The number of benzene rings is 4. The molecule has 20 heteroatoms. The minimum absolute atomic E-state index is 0.00379. The number of amides is 5. The first kappa shape index (κ1) is 53.5. The second kappa shape index (κ2) is 22.6. The minimum atomic E-state index is -0.668. The standard InChI is InChI=1S/C29H32ClFN4O5.C24H24ClFN4O3/c1-17(36)22-14-34(24-11-8-19(12-21(22)24)33-28(39)40-29(2,3)4)16-26(38)35(20-9-10-20)15-25(37)32-13-18-6-5-7-23(30)27(18)31;1-14(31)19-11-29(21-8-5-16(27)9-18(19)21)13-23(33)30(17-6-7-17)12-22(32)28-10-15-3-2-4-20(25)24(15)26/h5-8,11-12,14,20H,9-10,13,15-16H2,1-4H3,(H,32,37)(H,33,39);2-5,8-9,11,17H,6-7,10,12-13,27H2,1H3,(H,28,32). The van der Waals surface area contributed by atoms with Crippen molar-refractivity contribution in [1.82, 2.24) is 29.6 Å². The number of ketones is 2. The van der Waals surface area contributed by atoms with E-state index in [4.69, 9.17) is 33.7 Å². The van der Waals surface area contributed by atoms with Crippen LogP contribution >= 0.6 is 23.2 Å². The summed E-state index contributed by atoms with van der Waals surface area (Å²) in [6, 6.07) is 19.3. The second-order valence-corrected chi connectivity index (χ2v) is 19.9. The molecule has 2 fully saturated rings. The van der Waals surface area contributed by atoms with Gasteiger partial charge in [-0.3, -0.25) is 34.1 Å². The highest BCUT2D eigenvalue weighted by Crippen LogP contribution is 2.31. The van der Waals surface area contributed by atoms with Crippen LogP contribution in [0.15, 0.2) is 85.2 Å². The average Bonchev–Trinajstić information content (AvgIpc) is 4.27. The van der Waals surface area contributed by atoms with Crippen LogP contribution in [0.25, 0.3) is 21.8 Å². The summed E-state index contributed by atoms with van der Waals surface area (Å²) in [5.41, 5.74) is 8.94. The quantitative estimate of drug-likeness (QED) is 0.0508. The second-order valence-electron chi connectivity index (χ2n) is 19.1. The van der Waals surface area contributed by atoms with Crippen molar-refractivity contribution in [3.8, 4) is 0 Å². The summed E-state index contributed by atoms with van der Waals surface area (Å²) in [5, 5.41) is 9.21. The molecule has 0 bridgehead atoms. The van der Waals surface area contributed by atoms with Crippen LogP contribution in [0.4, 0.5) is 25.0 Å². The lowest BCUT2D eigenvalue weighted by Gasteiger charge is -2.22. The van der Waals surface area contributed by atoms with Crippen molar-refractivity contribution in [2.24, 2.45) is 0 Å². The van der Waals surface area contributed by atoms with Gasteiger partial charge in [-0.05, 0) is 109 Å². The zero-order chi connectivity index (χ0) is 52.9. The number of nitrogens with zero attached hydrogens (tertiary/aromatic N) is 4. The fraction of sp³-hybridized carbons (Fsp3) is 0.340. The van der Waals surface area contributed by atoms with Gasteiger partial charge in [0.25, 0.3) is 0 Å². The number of nitrogens with one attached hydrogen (secondary N) is 3. The molecule has 0 aliphatic heterocycles. The van der Waals surface area contributed by atoms with Gasteiger partial charge >= 0.3 is 6.09 Å². The zero-order valence-corrected chi connectivity index (χ0v) is 42.5. The van der Waals surface area contributed by atoms with E-state index in [1.54, 1.807) is 102 Å². The highest BCUT2D eigenvalue weighted by atomic mass is 35.5. The van der Waals surface area contributed by atoms with Crippen LogP contribution in [0.5, 0.6) is 0 Å². The van der Waals surface area contributed by atoms with Gasteiger partial charge in [0.2, 0.25) is 23.6 Å². The molecule has 4 aromatic carbocycles. The van der Waals surface area contributed by atoms with Gasteiger partial charge in [0.1, 0.15) is 30.3 Å². The summed E-state index contributed by atoms with van der Waals surface area (Å²) in [6.45, 7) is 7.69. The van der Waals surface area contributed by atoms with E-state index < -0.39 is 29.2 Å². The molecule has 8 rings (SSSR count). The van der Waals surface area contributed by atoms with E-state index >= 15 is 0 Å². The Bertz CT molecular complexity index is 3140. The van der Waals surface area contributed by atoms with Gasteiger partial charge in [0.15, 0.2) is 11.6 Å². The number of nitrogens with two attached hydrogens (primary N) is 1. The number of carbonyl (C=O) groups is 7. The first-order valence-corrected chi connectivity index (χ1v) is 24.3. The SMILES string of the molecule is CC(=O)c1cn(CC(=O)N(CC(=O)NCc2cccc(Cl)c2F)C2CC2)c2ccc(N)cc12.CC(=O)c1cn(CC(=O)N(CC(=O)NCc2cccc(Cl)c2F)C2CC2)c2ccc(NC(=O)OC(C)(C)C)cc12. The van der Waals surface area contributed by atoms with E-state index in [-0.39, 0.29) is 102 Å². The van der Waals surface area contributed by atoms with Gasteiger partial charge < -0.3 is 40.0 Å². The molecule has 2 aliphatic carbocycles. The third kappa shape index (κ3) is 13.8. The van der Waals surface area contributed by atoms with Crippen molar-refractivity contribution in [1.29, 1.82) is 0 Å². The molecule has 0 atom stereocenters. The number of Topliss-reactive ketones (excluding diaryl/α,β-unsaturated/α-hetero) is 2. The highest BCUT2D eigenvalue weighted by Gasteiger charge is 2.35. The van der Waals surface area contributed by atoms with Crippen LogP contribution in [0.2, 0.25) is 10.0 Å². The monoisotopic (exact) mass is 1040 g/mol. The Morgan fingerprint density at radius 3 is 1.53 bits per heavy atom. The lowest BCUT2D eigenvalue weighted by Crippen LogP contribution is -2.43. The Hall–Kier alpha value is -7.31. The normalized spacial score (nSPS) is 13.2. The summed E-state index contributed by atoms with van der Waals surface area (Å²) in [4.78, 5) is 91.4. The molecule has 2 saturated carbocycles. The van der Waals surface area contributed by atoms with Crippen LogP contribution in [0.3, 0.4) is 0 Å². The predicted octanol–water partition coefficient (Wildman–Crippen LogP) is 8.82. The lowest BCUT2D eigenvalue weighted by molar-refractivity contribution is -0.137. The minimum Gasteiger partial charge on any atom is -0.444 e. The molecule has 2 aromatic heterocycles. The molecule has 0 spiro atoms. The maximum atomic E-state index is 14.2. The number of anilines is 2. The van der Waals surface area contributed by atoms with Crippen LogP contribution in [-0.2, 0) is 50.1 Å². The molecule has 2 aliphatic rings. The van der Waals surface area contributed by atoms with Crippen LogP contribution in [0, 0.1) is 11.6 Å². The van der Waals surface area contributed by atoms with Crippen molar-refractivity contribution in [2.75, 3.05) is 24.1 Å². The van der Waals surface area contributed by atoms with Crippen molar-refractivity contribution < 1.29 is 47.1 Å². The third-order valence-electron chi connectivity index (χ3n) is 12.1. The molecule has 2 heterocycles. The number of ether oxygens (including phenoxy) is 1. The third-order valence-corrected chi connectivity index (χ3v) is 12.6. The van der Waals surface area contributed by atoms with E-state index in [0.717, 1.165) is 31.2 Å². The summed E-state index contributed by atoms with van der Waals surface area (Å²) in [6.07, 6.45) is 5.85. The summed E-state index contributed by atoms with van der Waals surface area (Å²) in [7, 11) is 0. The number of aromatic nitrogens is 2. The van der Waals surface area contributed by atoms with E-state index in [9.17, 15) is 42.3 Å². The van der Waals surface area contributed by atoms with Crippen LogP contribution < -0.4 is 21.7 Å². The topological polar surface area (TPSA) is 207 Å². The molecule has 384 valence electrons. The van der Waals surface area contributed by atoms with Crippen molar-refractivity contribution >= 4 is 97.7 Å². The molecule has 5 amide bonds. The van der Waals surface area contributed by atoms with Gasteiger partial charge in [-0.15, -0.1) is 0 Å². The number of halogens is 4. The molecular formula is C53H56Cl2F2N8O8. The molecule has 0 saturated heterocycles. The lowest BCUT2D eigenvalue weighted by atomic mass is 10.1. The summed E-state index contributed by atoms with van der Waals surface area (Å²) < 4.78 is 36.9. The fourth-order valence-electron chi connectivity index (χ4n) is 8.20. The Balaban J connectivity index is 0.000000218. The fourth-order valence-corrected chi connectivity index (χ4v) is 8.59. The van der Waals surface area contributed by atoms with Gasteiger partial charge in [-0.2, -0.15) is 0 Å². The van der Waals surface area contributed by atoms with Crippen LogP contribution in [0.1, 0.15) is 92.1 Å². The first-order chi connectivity index (χ1) is 34.6. The first-order valence-electron chi connectivity index (χ1n) is 23.6. The number of carbonyl (C=O) groups excluding carboxylic acids is 7. The molecule has 73 heavy (non-hydrogen) atoms. The summed E-state index contributed by atoms with van der Waals surface area (Å²) >= 11 is 11.6. The zero-order valence-electron chi connectivity index (χ0n) is 41.0. The smallest absolute Gasteiger partial charge is 0.412 e. The van der Waals surface area contributed by atoms with Crippen molar-refractivity contribution in [3.05, 3.63) is 129 Å². The van der Waals surface area contributed by atoms with Crippen molar-refractivity contribution in [2.45, 2.75) is 104 Å². The average molecular weight is 1040 g/mol. The number of hydrogen-bond acceptors (Lipinski definition) is 9. The van der Waals surface area contributed by atoms with Crippen LogP contribution in [-0.4, -0.2) is 91.0 Å². The maximum absolute atomic E-state index is 14.2. The Morgan fingerprint density at radius 1 is 0.671 bits per heavy atom. The number of nitrogen functional groups attached to an aromatic ring is 1. The maximum Gasteiger partial charge on any atom is 0.412 e. The van der Waals surface area contributed by atoms with Gasteiger partial charge in [-0.1, -0.05) is 47.5 Å². The van der Waals surface area contributed by atoms with E-state index in [1.165, 1.54) is 36.9 Å². The van der Waals surface area contributed by atoms with Gasteiger partial charge in [0, 0.05) is 93.0 Å². The molecule has 16 nitrogen and oxygen atoms in total. The van der Waals surface area contributed by atoms with E-state index in [1.807, 2.05) is 0 Å². The molecule has 0 radical (unpaired) electrons. The van der Waals surface area contributed by atoms with Crippen molar-refractivity contribution in [3.63, 3.8) is 0 Å². The summed E-state index contributed by atoms with van der Waals surface area (Å²) in [5.74, 6) is -2.80. The Morgan fingerprint density at radius 2 is 1.11 bits per heavy atom. The number of hydrogen-bond donors (Lipinski definition) is 4. The predicted molar refractivity (Wildman–Crippen MR) is 274 cm³/mol. The Labute approximate surface area is 430 Å². The largest absolute Gasteiger partial charge is 0.444 e. The Kier molecular flexibility index (Phi) is 16.6. The molecule has 6 aromatic rings.